The summed E-state index contributed by atoms with van der Waals surface area (Å²) in [5, 5.41) is 0. The minimum absolute atomic E-state index is 0.0370. The maximum atomic E-state index is 12.7. The van der Waals surface area contributed by atoms with Gasteiger partial charge in [-0.3, -0.25) is 9.47 Å². The number of imidazole rings is 1. The Morgan fingerprint density at radius 3 is 2.59 bits per heavy atom. The zero-order valence-corrected chi connectivity index (χ0v) is 12.0. The highest BCUT2D eigenvalue weighted by Crippen LogP contribution is 2.29. The average molecular weight is 310 g/mol. The summed E-state index contributed by atoms with van der Waals surface area (Å²) in [6.07, 6.45) is 5.22. The summed E-state index contributed by atoms with van der Waals surface area (Å²) in [5.74, 6) is 0.701. The molecule has 118 valence electrons. The van der Waals surface area contributed by atoms with E-state index in [9.17, 15) is 13.2 Å². The molecular formula is C15H17F3N4. The fourth-order valence-electron chi connectivity index (χ4n) is 2.59. The van der Waals surface area contributed by atoms with Gasteiger partial charge in [-0.05, 0) is 24.5 Å². The highest BCUT2D eigenvalue weighted by molar-refractivity contribution is 5.25. The number of pyridine rings is 1. The van der Waals surface area contributed by atoms with Gasteiger partial charge in [-0.1, -0.05) is 12.5 Å². The molecular weight excluding hydrogens is 293 g/mol. The smallest absolute Gasteiger partial charge is 0.291 e. The Labute approximate surface area is 126 Å². The van der Waals surface area contributed by atoms with Crippen LogP contribution in [0, 0.1) is 0 Å². The van der Waals surface area contributed by atoms with E-state index in [4.69, 9.17) is 0 Å². The van der Waals surface area contributed by atoms with Crippen LogP contribution in [0.4, 0.5) is 13.2 Å². The fourth-order valence-corrected chi connectivity index (χ4v) is 2.59. The van der Waals surface area contributed by atoms with E-state index in [0.29, 0.717) is 5.82 Å². The van der Waals surface area contributed by atoms with E-state index in [0.717, 1.165) is 24.8 Å². The average Bonchev–Trinajstić information content (AvgIpc) is 2.89. The highest BCUT2D eigenvalue weighted by atomic mass is 19.4. The highest BCUT2D eigenvalue weighted by Gasteiger charge is 2.35. The van der Waals surface area contributed by atoms with Crippen molar-refractivity contribution in [2.24, 2.45) is 0 Å². The monoisotopic (exact) mass is 310 g/mol. The minimum atomic E-state index is -4.17. The molecule has 3 rings (SSSR count). The Balaban J connectivity index is 1.69. The number of hydrogen-bond acceptors (Lipinski definition) is 3. The first-order valence-corrected chi connectivity index (χ1v) is 7.25. The Bertz CT molecular complexity index is 588. The molecule has 0 spiro atoms. The topological polar surface area (TPSA) is 34.0 Å². The van der Waals surface area contributed by atoms with Crippen molar-refractivity contribution in [2.75, 3.05) is 6.54 Å². The molecule has 1 saturated carbocycles. The molecule has 0 amide bonds. The summed E-state index contributed by atoms with van der Waals surface area (Å²) in [6, 6.07) is 3.66. The van der Waals surface area contributed by atoms with Gasteiger partial charge in [-0.2, -0.15) is 13.2 Å². The molecule has 0 atom stereocenters. The summed E-state index contributed by atoms with van der Waals surface area (Å²) in [7, 11) is 0. The van der Waals surface area contributed by atoms with Gasteiger partial charge in [0.1, 0.15) is 12.1 Å². The van der Waals surface area contributed by atoms with E-state index >= 15 is 0 Å². The minimum Gasteiger partial charge on any atom is -0.291 e. The van der Waals surface area contributed by atoms with Crippen molar-refractivity contribution in [1.82, 2.24) is 19.4 Å². The van der Waals surface area contributed by atoms with Crippen LogP contribution in [0.5, 0.6) is 0 Å². The second kappa shape index (κ2) is 6.08. The number of nitrogens with zero attached hydrogens (tertiary/aromatic N) is 4. The molecule has 22 heavy (non-hydrogen) atoms. The van der Waals surface area contributed by atoms with Gasteiger partial charge in [0.25, 0.3) is 0 Å². The first-order valence-electron chi connectivity index (χ1n) is 7.25. The van der Waals surface area contributed by atoms with Crippen LogP contribution in [0.2, 0.25) is 0 Å². The molecule has 0 N–H and O–H groups in total. The predicted octanol–water partition coefficient (Wildman–Crippen LogP) is 3.18. The van der Waals surface area contributed by atoms with Gasteiger partial charge in [0.2, 0.25) is 0 Å². The molecule has 7 heteroatoms. The van der Waals surface area contributed by atoms with Gasteiger partial charge in [0, 0.05) is 31.2 Å². The third-order valence-corrected chi connectivity index (χ3v) is 3.94. The van der Waals surface area contributed by atoms with Crippen molar-refractivity contribution in [3.63, 3.8) is 0 Å². The summed E-state index contributed by atoms with van der Waals surface area (Å²) >= 11 is 0. The lowest BCUT2D eigenvalue weighted by molar-refractivity contribution is -0.155. The lowest BCUT2D eigenvalue weighted by atomic mass is 9.91. The third-order valence-electron chi connectivity index (χ3n) is 3.94. The normalized spacial score (nSPS) is 16.0. The van der Waals surface area contributed by atoms with E-state index in [1.54, 1.807) is 35.6 Å². The standard InChI is InChI=1S/C15H17F3N4/c16-15(17,18)10-22(13-2-1-3-13)9-12-4-5-14(20-8-12)21-7-6-19-11-21/h4-8,11,13H,1-3,9-10H2. The second-order valence-corrected chi connectivity index (χ2v) is 5.60. The predicted molar refractivity (Wildman–Crippen MR) is 75.5 cm³/mol. The molecule has 1 fully saturated rings. The molecule has 1 aliphatic rings. The van der Waals surface area contributed by atoms with Crippen LogP contribution >= 0.6 is 0 Å². The second-order valence-electron chi connectivity index (χ2n) is 5.60. The van der Waals surface area contributed by atoms with Crippen LogP contribution in [-0.2, 0) is 6.54 Å². The van der Waals surface area contributed by atoms with Gasteiger partial charge < -0.3 is 0 Å². The molecule has 1 aliphatic carbocycles. The molecule has 0 aliphatic heterocycles. The Kier molecular flexibility index (Phi) is 4.15. The lowest BCUT2D eigenvalue weighted by Gasteiger charge is -2.37. The number of aromatic nitrogens is 3. The molecule has 0 bridgehead atoms. The van der Waals surface area contributed by atoms with Crippen molar-refractivity contribution < 1.29 is 13.2 Å². The van der Waals surface area contributed by atoms with E-state index in [-0.39, 0.29) is 12.6 Å². The van der Waals surface area contributed by atoms with Gasteiger partial charge >= 0.3 is 6.18 Å². The Morgan fingerprint density at radius 2 is 2.09 bits per heavy atom. The maximum Gasteiger partial charge on any atom is 0.401 e. The van der Waals surface area contributed by atoms with Crippen LogP contribution in [0.1, 0.15) is 24.8 Å². The van der Waals surface area contributed by atoms with E-state index in [2.05, 4.69) is 9.97 Å². The van der Waals surface area contributed by atoms with Crippen molar-refractivity contribution in [3.05, 3.63) is 42.6 Å². The lowest BCUT2D eigenvalue weighted by Crippen LogP contribution is -2.44. The Hall–Kier alpha value is -1.89. The molecule has 0 aromatic carbocycles. The zero-order valence-electron chi connectivity index (χ0n) is 12.0. The third kappa shape index (κ3) is 3.65. The maximum absolute atomic E-state index is 12.7. The summed E-state index contributed by atoms with van der Waals surface area (Å²) in [5.41, 5.74) is 0.792. The molecule has 0 radical (unpaired) electrons. The fraction of sp³-hybridized carbons (Fsp3) is 0.467. The van der Waals surface area contributed by atoms with E-state index in [1.807, 2.05) is 6.07 Å². The zero-order chi connectivity index (χ0) is 15.6. The summed E-state index contributed by atoms with van der Waals surface area (Å²) < 4.78 is 39.9. The SMILES string of the molecule is FC(F)(F)CN(Cc1ccc(-n2ccnc2)nc1)C1CCC1. The number of hydrogen-bond donors (Lipinski definition) is 0. The summed E-state index contributed by atoms with van der Waals surface area (Å²) in [4.78, 5) is 9.74. The molecule has 2 aromatic rings. The molecule has 2 aromatic heterocycles. The van der Waals surface area contributed by atoms with Crippen LogP contribution in [0.3, 0.4) is 0 Å². The van der Waals surface area contributed by atoms with E-state index < -0.39 is 12.7 Å². The number of rotatable bonds is 5. The van der Waals surface area contributed by atoms with Crippen LogP contribution in [0.15, 0.2) is 37.1 Å². The molecule has 0 saturated heterocycles. The first-order chi connectivity index (χ1) is 10.5. The van der Waals surface area contributed by atoms with Crippen molar-refractivity contribution >= 4 is 0 Å². The quantitative estimate of drug-likeness (QED) is 0.850. The van der Waals surface area contributed by atoms with Crippen molar-refractivity contribution in [2.45, 2.75) is 38.0 Å². The van der Waals surface area contributed by atoms with Crippen LogP contribution in [0.25, 0.3) is 5.82 Å². The largest absolute Gasteiger partial charge is 0.401 e. The molecule has 2 heterocycles. The van der Waals surface area contributed by atoms with Crippen molar-refractivity contribution in [1.29, 1.82) is 0 Å². The Morgan fingerprint density at radius 1 is 1.27 bits per heavy atom. The molecule has 4 nitrogen and oxygen atoms in total. The summed E-state index contributed by atoms with van der Waals surface area (Å²) in [6.45, 7) is -0.581. The molecule has 0 unspecified atom stereocenters. The van der Waals surface area contributed by atoms with Gasteiger partial charge in [-0.15, -0.1) is 0 Å². The van der Waals surface area contributed by atoms with Crippen LogP contribution in [-0.4, -0.2) is 38.2 Å². The number of halogens is 3. The van der Waals surface area contributed by atoms with Crippen LogP contribution < -0.4 is 0 Å². The first kappa shape index (κ1) is 15.0. The van der Waals surface area contributed by atoms with Gasteiger partial charge in [0.15, 0.2) is 0 Å². The van der Waals surface area contributed by atoms with Gasteiger partial charge in [-0.25, -0.2) is 9.97 Å². The van der Waals surface area contributed by atoms with Crippen molar-refractivity contribution in [3.8, 4) is 5.82 Å². The number of alkyl halides is 3. The van der Waals surface area contributed by atoms with Gasteiger partial charge in [0.05, 0.1) is 6.54 Å². The van der Waals surface area contributed by atoms with E-state index in [1.165, 1.54) is 4.90 Å².